The lowest BCUT2D eigenvalue weighted by atomic mass is 9.98. The smallest absolute Gasteiger partial charge is 0.224 e. The van der Waals surface area contributed by atoms with Crippen LogP contribution in [0.4, 0.5) is 0 Å². The van der Waals surface area contributed by atoms with Gasteiger partial charge in [0.25, 0.3) is 0 Å². The van der Waals surface area contributed by atoms with Gasteiger partial charge in [-0.1, -0.05) is 0 Å². The summed E-state index contributed by atoms with van der Waals surface area (Å²) in [5.41, 5.74) is 0. The molecule has 0 unspecified atom stereocenters. The third-order valence-electron chi connectivity index (χ3n) is 3.00. The summed E-state index contributed by atoms with van der Waals surface area (Å²) in [6.45, 7) is 3.75. The third-order valence-corrected chi connectivity index (χ3v) is 3.00. The molecule has 4 heteroatoms. The Bertz CT molecular complexity index is 329. The van der Waals surface area contributed by atoms with E-state index in [0.29, 0.717) is 0 Å². The fourth-order valence-electron chi connectivity index (χ4n) is 2.02. The van der Waals surface area contributed by atoms with Gasteiger partial charge < -0.3 is 15.1 Å². The van der Waals surface area contributed by atoms with E-state index in [-0.39, 0.29) is 17.9 Å². The van der Waals surface area contributed by atoms with Crippen LogP contribution in [0.2, 0.25) is 0 Å². The van der Waals surface area contributed by atoms with Crippen molar-refractivity contribution in [1.82, 2.24) is 10.6 Å². The second-order valence-electron chi connectivity index (χ2n) is 4.29. The van der Waals surface area contributed by atoms with Crippen LogP contribution in [0.15, 0.2) is 22.8 Å². The number of rotatable bonds is 3. The predicted molar refractivity (Wildman–Crippen MR) is 60.9 cm³/mol. The van der Waals surface area contributed by atoms with Gasteiger partial charge in [-0.2, -0.15) is 0 Å². The van der Waals surface area contributed by atoms with Gasteiger partial charge in [0.05, 0.1) is 18.2 Å². The Kier molecular flexibility index (Phi) is 3.62. The second kappa shape index (κ2) is 5.16. The van der Waals surface area contributed by atoms with E-state index in [9.17, 15) is 4.79 Å². The summed E-state index contributed by atoms with van der Waals surface area (Å²) in [5, 5.41) is 6.22. The van der Waals surface area contributed by atoms with E-state index in [1.54, 1.807) is 6.26 Å². The van der Waals surface area contributed by atoms with Crippen LogP contribution in [0, 0.1) is 5.92 Å². The highest BCUT2D eigenvalue weighted by atomic mass is 16.3. The standard InChI is InChI=1S/C12H18N2O2/c1-9(11-5-3-7-16-11)14-12(15)10-4-2-6-13-8-10/h3,5,7,9-10,13H,2,4,6,8H2,1H3,(H,14,15)/t9-,10+/m0/s1. The third kappa shape index (κ3) is 2.64. The molecule has 4 nitrogen and oxygen atoms in total. The van der Waals surface area contributed by atoms with Gasteiger partial charge in [0, 0.05) is 6.54 Å². The van der Waals surface area contributed by atoms with E-state index in [4.69, 9.17) is 4.42 Å². The Balaban J connectivity index is 1.86. The molecule has 1 aliphatic rings. The van der Waals surface area contributed by atoms with Crippen molar-refractivity contribution in [3.8, 4) is 0 Å². The van der Waals surface area contributed by atoms with Gasteiger partial charge in [0.2, 0.25) is 5.91 Å². The van der Waals surface area contributed by atoms with E-state index in [2.05, 4.69) is 10.6 Å². The minimum absolute atomic E-state index is 0.0515. The lowest BCUT2D eigenvalue weighted by molar-refractivity contribution is -0.126. The van der Waals surface area contributed by atoms with Crippen molar-refractivity contribution in [3.63, 3.8) is 0 Å². The number of amides is 1. The molecule has 1 aliphatic heterocycles. The quantitative estimate of drug-likeness (QED) is 0.814. The average molecular weight is 222 g/mol. The van der Waals surface area contributed by atoms with Gasteiger partial charge in [-0.15, -0.1) is 0 Å². The normalized spacial score (nSPS) is 22.7. The van der Waals surface area contributed by atoms with Crippen LogP contribution in [0.1, 0.15) is 31.6 Å². The summed E-state index contributed by atoms with van der Waals surface area (Å²) >= 11 is 0. The summed E-state index contributed by atoms with van der Waals surface area (Å²) in [5.74, 6) is 1.03. The van der Waals surface area contributed by atoms with Gasteiger partial charge in [-0.05, 0) is 38.4 Å². The fraction of sp³-hybridized carbons (Fsp3) is 0.583. The lowest BCUT2D eigenvalue weighted by Gasteiger charge is -2.23. The van der Waals surface area contributed by atoms with Crippen molar-refractivity contribution in [3.05, 3.63) is 24.2 Å². The molecule has 2 N–H and O–H groups in total. The highest BCUT2D eigenvalue weighted by Gasteiger charge is 2.22. The Morgan fingerprint density at radius 2 is 2.56 bits per heavy atom. The fourth-order valence-corrected chi connectivity index (χ4v) is 2.02. The van der Waals surface area contributed by atoms with E-state index < -0.39 is 0 Å². The molecule has 0 saturated carbocycles. The summed E-state index contributed by atoms with van der Waals surface area (Å²) in [6, 6.07) is 3.66. The molecule has 2 heterocycles. The molecule has 0 bridgehead atoms. The molecule has 2 rings (SSSR count). The minimum atomic E-state index is -0.0515. The lowest BCUT2D eigenvalue weighted by Crippen LogP contribution is -2.41. The number of hydrogen-bond donors (Lipinski definition) is 2. The molecule has 1 fully saturated rings. The summed E-state index contributed by atoms with van der Waals surface area (Å²) in [4.78, 5) is 11.9. The number of hydrogen-bond acceptors (Lipinski definition) is 3. The minimum Gasteiger partial charge on any atom is -0.467 e. The topological polar surface area (TPSA) is 54.3 Å². The molecular weight excluding hydrogens is 204 g/mol. The number of nitrogens with one attached hydrogen (secondary N) is 2. The average Bonchev–Trinajstić information content (AvgIpc) is 2.83. The Hall–Kier alpha value is -1.29. The van der Waals surface area contributed by atoms with E-state index in [1.165, 1.54) is 0 Å². The Labute approximate surface area is 95.4 Å². The molecule has 0 aromatic carbocycles. The summed E-state index contributed by atoms with van der Waals surface area (Å²) in [6.07, 6.45) is 3.68. The number of carbonyl (C=O) groups is 1. The maximum absolute atomic E-state index is 11.9. The number of furan rings is 1. The SMILES string of the molecule is C[C@H](NC(=O)[C@@H]1CCCNC1)c1ccco1. The zero-order chi connectivity index (χ0) is 11.4. The van der Waals surface area contributed by atoms with Gasteiger partial charge in [0.15, 0.2) is 0 Å². The van der Waals surface area contributed by atoms with E-state index >= 15 is 0 Å². The highest BCUT2D eigenvalue weighted by Crippen LogP contribution is 2.15. The molecule has 1 aromatic rings. The van der Waals surface area contributed by atoms with Gasteiger partial charge >= 0.3 is 0 Å². The predicted octanol–water partition coefficient (Wildman–Crippen LogP) is 1.46. The van der Waals surface area contributed by atoms with Gasteiger partial charge in [-0.3, -0.25) is 4.79 Å². The van der Waals surface area contributed by atoms with Gasteiger partial charge in [0.1, 0.15) is 5.76 Å². The van der Waals surface area contributed by atoms with Crippen molar-refractivity contribution in [2.45, 2.75) is 25.8 Å². The maximum atomic E-state index is 11.9. The van der Waals surface area contributed by atoms with Gasteiger partial charge in [-0.25, -0.2) is 0 Å². The Morgan fingerprint density at radius 3 is 3.19 bits per heavy atom. The van der Waals surface area contributed by atoms with Crippen molar-refractivity contribution >= 4 is 5.91 Å². The van der Waals surface area contributed by atoms with Crippen molar-refractivity contribution in [2.75, 3.05) is 13.1 Å². The van der Waals surface area contributed by atoms with Crippen molar-refractivity contribution in [2.24, 2.45) is 5.92 Å². The molecular formula is C12H18N2O2. The molecule has 0 aliphatic carbocycles. The molecule has 1 amide bonds. The van der Waals surface area contributed by atoms with Crippen LogP contribution in [0.5, 0.6) is 0 Å². The summed E-state index contributed by atoms with van der Waals surface area (Å²) in [7, 11) is 0. The largest absolute Gasteiger partial charge is 0.467 e. The van der Waals surface area contributed by atoms with Crippen LogP contribution in [0.25, 0.3) is 0 Å². The Morgan fingerprint density at radius 1 is 1.69 bits per heavy atom. The zero-order valence-electron chi connectivity index (χ0n) is 9.53. The van der Waals surface area contributed by atoms with Crippen molar-refractivity contribution in [1.29, 1.82) is 0 Å². The molecule has 0 radical (unpaired) electrons. The molecule has 2 atom stereocenters. The summed E-state index contributed by atoms with van der Waals surface area (Å²) < 4.78 is 5.25. The molecule has 88 valence electrons. The van der Waals surface area contributed by atoms with Crippen LogP contribution < -0.4 is 10.6 Å². The van der Waals surface area contributed by atoms with Crippen LogP contribution in [-0.2, 0) is 4.79 Å². The zero-order valence-corrected chi connectivity index (χ0v) is 9.53. The highest BCUT2D eigenvalue weighted by molar-refractivity contribution is 5.79. The second-order valence-corrected chi connectivity index (χ2v) is 4.29. The molecule has 1 saturated heterocycles. The first-order valence-corrected chi connectivity index (χ1v) is 5.82. The van der Waals surface area contributed by atoms with E-state index in [1.807, 2.05) is 19.1 Å². The van der Waals surface area contributed by atoms with Crippen LogP contribution in [0.3, 0.4) is 0 Å². The first-order chi connectivity index (χ1) is 7.77. The first kappa shape index (κ1) is 11.2. The van der Waals surface area contributed by atoms with Crippen LogP contribution in [-0.4, -0.2) is 19.0 Å². The molecule has 1 aromatic heterocycles. The number of piperidine rings is 1. The maximum Gasteiger partial charge on any atom is 0.224 e. The first-order valence-electron chi connectivity index (χ1n) is 5.82. The molecule has 0 spiro atoms. The van der Waals surface area contributed by atoms with Crippen LogP contribution >= 0.6 is 0 Å². The molecule has 16 heavy (non-hydrogen) atoms. The monoisotopic (exact) mass is 222 g/mol. The van der Waals surface area contributed by atoms with Crippen molar-refractivity contribution < 1.29 is 9.21 Å². The number of carbonyl (C=O) groups excluding carboxylic acids is 1. The van der Waals surface area contributed by atoms with E-state index in [0.717, 1.165) is 31.7 Å².